The Labute approximate surface area is 348 Å². The Hall–Kier alpha value is -4.36. The van der Waals surface area contributed by atoms with Crippen molar-refractivity contribution in [1.82, 2.24) is 0 Å². The number of benzene rings is 6. The van der Waals surface area contributed by atoms with E-state index in [1.54, 1.807) is 0 Å². The third-order valence-corrected chi connectivity index (χ3v) is 9.75. The molecule has 0 fully saturated rings. The number of rotatable bonds is 6. The van der Waals surface area contributed by atoms with E-state index in [0.29, 0.717) is 0 Å². The maximum Gasteiger partial charge on any atom is 4.00 e. The molecule has 0 heterocycles. The minimum absolute atomic E-state index is 0. The topological polar surface area (TPSA) is 0 Å². The van der Waals surface area contributed by atoms with Crippen molar-refractivity contribution < 1.29 is 26.2 Å². The molecule has 8 aromatic rings. The predicted molar refractivity (Wildman–Crippen MR) is 238 cm³/mol. The molecule has 0 atom stereocenters. The summed E-state index contributed by atoms with van der Waals surface area (Å²) >= 11 is 0. The van der Waals surface area contributed by atoms with Crippen molar-refractivity contribution >= 4 is 41.4 Å². The van der Waals surface area contributed by atoms with Gasteiger partial charge in [0.25, 0.3) is 0 Å². The van der Waals surface area contributed by atoms with Crippen LogP contribution in [0.25, 0.3) is 43.8 Å². The Morgan fingerprint density at radius 2 is 0.759 bits per heavy atom. The van der Waals surface area contributed by atoms with Crippen LogP contribution in [0.2, 0.25) is 0 Å². The van der Waals surface area contributed by atoms with Crippen molar-refractivity contribution in [2.75, 3.05) is 0 Å². The molecule has 2 radical (unpaired) electrons. The van der Waals surface area contributed by atoms with Crippen molar-refractivity contribution in [2.24, 2.45) is 0 Å². The molecule has 54 heavy (non-hydrogen) atoms. The molecular formula is C52H54SiZr. The van der Waals surface area contributed by atoms with Gasteiger partial charge in [-0.25, -0.2) is 0 Å². The summed E-state index contributed by atoms with van der Waals surface area (Å²) in [6, 6.07) is 64.3. The van der Waals surface area contributed by atoms with E-state index in [-0.39, 0.29) is 26.2 Å². The van der Waals surface area contributed by atoms with Gasteiger partial charge in [-0.2, -0.15) is 25.0 Å². The Morgan fingerprint density at radius 1 is 0.444 bits per heavy atom. The first-order chi connectivity index (χ1) is 26.0. The molecule has 0 amide bonds. The molecule has 0 saturated heterocycles. The molecule has 0 aromatic heterocycles. The summed E-state index contributed by atoms with van der Waals surface area (Å²) in [6.45, 7) is 15.7. The monoisotopic (exact) mass is 796 g/mol. The van der Waals surface area contributed by atoms with Crippen molar-refractivity contribution in [1.29, 1.82) is 0 Å². The van der Waals surface area contributed by atoms with Gasteiger partial charge in [0.15, 0.2) is 0 Å². The third kappa shape index (κ3) is 14.1. The summed E-state index contributed by atoms with van der Waals surface area (Å²) in [4.78, 5) is 0. The van der Waals surface area contributed by atoms with Gasteiger partial charge in [-0.05, 0) is 11.1 Å². The molecule has 0 spiro atoms. The van der Waals surface area contributed by atoms with Gasteiger partial charge >= 0.3 is 26.2 Å². The van der Waals surface area contributed by atoms with Crippen molar-refractivity contribution in [3.63, 3.8) is 0 Å². The standard InChI is InChI=1S/2C16H13.C12H10Si.2C4H9.Zr/c2*1-12-10-14-8-5-9-15(16(14)11-12)13-6-3-2-4-7-13;1-3-7-11(8-4-1)13-12-9-5-2-6-10-12;2*1-3-4-2;/h2*2-11H,1H3;1-10H;2*1,3-4H2,2H3;/q2*-1;;2*-1;+4. The summed E-state index contributed by atoms with van der Waals surface area (Å²) < 4.78 is 0. The molecule has 0 aliphatic rings. The molecule has 0 N–H and O–H groups in total. The number of aryl methyl sites for hydroxylation is 2. The molecule has 8 rings (SSSR count). The zero-order valence-electron chi connectivity index (χ0n) is 32.6. The van der Waals surface area contributed by atoms with Gasteiger partial charge in [-0.1, -0.05) is 195 Å². The van der Waals surface area contributed by atoms with Crippen LogP contribution in [0.4, 0.5) is 0 Å². The first-order valence-electron chi connectivity index (χ1n) is 18.9. The fourth-order valence-electron chi connectivity index (χ4n) is 5.72. The minimum Gasteiger partial charge on any atom is -0.343 e. The van der Waals surface area contributed by atoms with Gasteiger partial charge in [0.2, 0.25) is 0 Å². The summed E-state index contributed by atoms with van der Waals surface area (Å²) in [5.74, 6) is 0. The number of fused-ring (bicyclic) bond motifs is 2. The van der Waals surface area contributed by atoms with E-state index in [4.69, 9.17) is 0 Å². The Bertz CT molecular complexity index is 1980. The third-order valence-electron chi connectivity index (χ3n) is 8.50. The van der Waals surface area contributed by atoms with E-state index < -0.39 is 0 Å². The second-order valence-electron chi connectivity index (χ2n) is 13.0. The van der Waals surface area contributed by atoms with Crippen LogP contribution < -0.4 is 10.4 Å². The maximum absolute atomic E-state index is 3.60. The maximum atomic E-state index is 3.60. The fourth-order valence-corrected chi connectivity index (χ4v) is 6.77. The molecule has 0 aliphatic carbocycles. The molecule has 270 valence electrons. The summed E-state index contributed by atoms with van der Waals surface area (Å²) in [6.07, 6.45) is 4.56. The Balaban J connectivity index is 0.000000197. The first-order valence-corrected chi connectivity index (χ1v) is 19.9. The van der Waals surface area contributed by atoms with Crippen LogP contribution in [0.5, 0.6) is 0 Å². The smallest absolute Gasteiger partial charge is 0.343 e. The summed E-state index contributed by atoms with van der Waals surface area (Å²) in [7, 11) is 0.777. The van der Waals surface area contributed by atoms with E-state index in [0.717, 1.165) is 22.4 Å². The fraction of sp³-hybridized carbons (Fsp3) is 0.154. The Kier molecular flexibility index (Phi) is 20.3. The molecule has 0 aliphatic heterocycles. The second-order valence-corrected chi connectivity index (χ2v) is 14.4. The van der Waals surface area contributed by atoms with Crippen LogP contribution >= 0.6 is 0 Å². The van der Waals surface area contributed by atoms with Gasteiger partial charge in [-0.3, -0.25) is 0 Å². The summed E-state index contributed by atoms with van der Waals surface area (Å²) in [5.41, 5.74) is 7.89. The molecular weight excluding hydrogens is 744 g/mol. The number of unbranched alkanes of at least 4 members (excludes halogenated alkanes) is 2. The van der Waals surface area contributed by atoms with Crippen LogP contribution in [0.15, 0.2) is 182 Å². The molecule has 0 bridgehead atoms. The van der Waals surface area contributed by atoms with E-state index in [2.05, 4.69) is 224 Å². The number of hydrogen-bond donors (Lipinski definition) is 0. The normalized spacial score (nSPS) is 9.89. The van der Waals surface area contributed by atoms with Crippen molar-refractivity contribution in [2.45, 2.75) is 53.4 Å². The SMILES string of the molecule is Cc1cc2c(-c3ccccc3)cccc2[cH-]1.Cc1cc2c(-c3ccccc3)cccc2[cH-]1.[CH2-]CCC.[CH2-]CCC.[Zr+4].c1ccc([Si]c2ccccc2)cc1. The predicted octanol–water partition coefficient (Wildman–Crippen LogP) is 13.6. The van der Waals surface area contributed by atoms with Crippen LogP contribution in [0, 0.1) is 27.7 Å². The Morgan fingerprint density at radius 3 is 1.07 bits per heavy atom. The quantitative estimate of drug-likeness (QED) is 0.116. The molecule has 2 heteroatoms. The second kappa shape index (κ2) is 24.9. The largest absolute Gasteiger partial charge is 4.00 e. The zero-order valence-corrected chi connectivity index (χ0v) is 36.0. The molecule has 0 unspecified atom stereocenters. The van der Waals surface area contributed by atoms with Crippen LogP contribution in [0.1, 0.15) is 50.7 Å². The van der Waals surface area contributed by atoms with Gasteiger partial charge in [0.1, 0.15) is 9.52 Å². The van der Waals surface area contributed by atoms with Gasteiger partial charge in [0, 0.05) is 0 Å². The number of hydrogen-bond acceptors (Lipinski definition) is 0. The van der Waals surface area contributed by atoms with E-state index in [1.165, 1.54) is 78.1 Å². The molecule has 8 aromatic carbocycles. The van der Waals surface area contributed by atoms with Crippen LogP contribution in [0.3, 0.4) is 0 Å². The minimum atomic E-state index is 0. The first kappa shape index (κ1) is 44.0. The molecule has 0 nitrogen and oxygen atoms in total. The average Bonchev–Trinajstić information content (AvgIpc) is 3.80. The van der Waals surface area contributed by atoms with Crippen LogP contribution in [-0.4, -0.2) is 9.52 Å². The van der Waals surface area contributed by atoms with E-state index in [1.807, 2.05) is 0 Å². The average molecular weight is 798 g/mol. The molecule has 0 saturated carbocycles. The van der Waals surface area contributed by atoms with Gasteiger partial charge < -0.3 is 13.8 Å². The van der Waals surface area contributed by atoms with Gasteiger partial charge in [0.05, 0.1) is 0 Å². The van der Waals surface area contributed by atoms with Crippen molar-refractivity contribution in [3.05, 3.63) is 207 Å². The van der Waals surface area contributed by atoms with E-state index >= 15 is 0 Å². The summed E-state index contributed by atoms with van der Waals surface area (Å²) in [5, 5.41) is 8.16. The van der Waals surface area contributed by atoms with Gasteiger partial charge in [-0.15, -0.1) is 69.1 Å². The zero-order chi connectivity index (χ0) is 37.7. The van der Waals surface area contributed by atoms with Crippen LogP contribution in [-0.2, 0) is 26.2 Å². The van der Waals surface area contributed by atoms with Crippen molar-refractivity contribution in [3.8, 4) is 22.3 Å². The van der Waals surface area contributed by atoms with E-state index in [9.17, 15) is 0 Å².